The molecular formula is C15H12F4N2O. The van der Waals surface area contributed by atoms with Crippen molar-refractivity contribution < 1.29 is 22.4 Å². The molecule has 1 amide bonds. The average Bonchev–Trinajstić information content (AvgIpc) is 2.40. The van der Waals surface area contributed by atoms with Crippen LogP contribution in [0.15, 0.2) is 30.3 Å². The van der Waals surface area contributed by atoms with Crippen molar-refractivity contribution in [3.05, 3.63) is 58.7 Å². The van der Waals surface area contributed by atoms with E-state index in [1.807, 2.05) is 0 Å². The quantitative estimate of drug-likeness (QED) is 0.848. The highest BCUT2D eigenvalue weighted by Crippen LogP contribution is 2.28. The Morgan fingerprint density at radius 3 is 2.36 bits per heavy atom. The van der Waals surface area contributed by atoms with Gasteiger partial charge in [-0.15, -0.1) is 0 Å². The molecule has 116 valence electrons. The largest absolute Gasteiger partial charge is 0.433 e. The van der Waals surface area contributed by atoms with Crippen LogP contribution in [0.1, 0.15) is 27.3 Å². The van der Waals surface area contributed by atoms with E-state index in [9.17, 15) is 22.4 Å². The number of nitrogens with one attached hydrogen (secondary N) is 1. The molecule has 1 aromatic heterocycles. The van der Waals surface area contributed by atoms with Crippen molar-refractivity contribution in [1.82, 2.24) is 4.98 Å². The summed E-state index contributed by atoms with van der Waals surface area (Å²) in [6, 6.07) is 5.63. The van der Waals surface area contributed by atoms with Gasteiger partial charge in [0, 0.05) is 5.69 Å². The van der Waals surface area contributed by atoms with Crippen LogP contribution in [0.5, 0.6) is 0 Å². The standard InChI is InChI=1S/C15H12F4N2O/c1-8-7-10(16)3-5-12(8)21-14(22)11-4-6-13(15(17,18)19)20-9(11)2/h3-7H,1-2H3,(H,21,22). The lowest BCUT2D eigenvalue weighted by atomic mass is 10.1. The second-order valence-corrected chi connectivity index (χ2v) is 4.74. The van der Waals surface area contributed by atoms with Gasteiger partial charge >= 0.3 is 6.18 Å². The van der Waals surface area contributed by atoms with Crippen LogP contribution in [0.3, 0.4) is 0 Å². The zero-order valence-corrected chi connectivity index (χ0v) is 11.8. The minimum Gasteiger partial charge on any atom is -0.322 e. The van der Waals surface area contributed by atoms with Gasteiger partial charge in [-0.25, -0.2) is 9.37 Å². The minimum absolute atomic E-state index is 0.0247. The number of benzene rings is 1. The fraction of sp³-hybridized carbons (Fsp3) is 0.200. The lowest BCUT2D eigenvalue weighted by molar-refractivity contribution is -0.141. The number of alkyl halides is 3. The van der Waals surface area contributed by atoms with E-state index in [0.29, 0.717) is 11.3 Å². The van der Waals surface area contributed by atoms with Gasteiger partial charge in [0.1, 0.15) is 11.5 Å². The zero-order chi connectivity index (χ0) is 16.5. The molecule has 1 N–H and O–H groups in total. The highest BCUT2D eigenvalue weighted by molar-refractivity contribution is 6.05. The van der Waals surface area contributed by atoms with E-state index in [-0.39, 0.29) is 11.3 Å². The van der Waals surface area contributed by atoms with Crippen LogP contribution in [-0.4, -0.2) is 10.9 Å². The molecule has 1 heterocycles. The van der Waals surface area contributed by atoms with Crippen molar-refractivity contribution in [1.29, 1.82) is 0 Å². The van der Waals surface area contributed by atoms with E-state index in [2.05, 4.69) is 10.3 Å². The molecule has 1 aromatic carbocycles. The van der Waals surface area contributed by atoms with Crippen LogP contribution < -0.4 is 5.32 Å². The number of hydrogen-bond donors (Lipinski definition) is 1. The Kier molecular flexibility index (Phi) is 4.16. The number of nitrogens with zero attached hydrogens (tertiary/aromatic N) is 1. The van der Waals surface area contributed by atoms with Crippen LogP contribution in [0.2, 0.25) is 0 Å². The molecule has 0 aliphatic carbocycles. The Hall–Kier alpha value is -2.44. The number of carbonyl (C=O) groups is 1. The molecule has 2 aromatic rings. The summed E-state index contributed by atoms with van der Waals surface area (Å²) in [5, 5.41) is 2.53. The number of rotatable bonds is 2. The molecule has 22 heavy (non-hydrogen) atoms. The first-order valence-corrected chi connectivity index (χ1v) is 6.31. The van der Waals surface area contributed by atoms with Gasteiger partial charge in [-0.1, -0.05) is 0 Å². The third kappa shape index (κ3) is 3.41. The molecule has 0 atom stereocenters. The van der Waals surface area contributed by atoms with E-state index >= 15 is 0 Å². The maximum absolute atomic E-state index is 13.0. The summed E-state index contributed by atoms with van der Waals surface area (Å²) in [6.07, 6.45) is -4.56. The van der Waals surface area contributed by atoms with E-state index in [4.69, 9.17) is 0 Å². The average molecular weight is 312 g/mol. The van der Waals surface area contributed by atoms with Gasteiger partial charge < -0.3 is 5.32 Å². The number of hydrogen-bond acceptors (Lipinski definition) is 2. The predicted octanol–water partition coefficient (Wildman–Crippen LogP) is 4.11. The first-order chi connectivity index (χ1) is 10.2. The highest BCUT2D eigenvalue weighted by Gasteiger charge is 2.33. The number of amides is 1. The second-order valence-electron chi connectivity index (χ2n) is 4.74. The Labute approximate surface area is 124 Å². The molecule has 0 fully saturated rings. The summed E-state index contributed by atoms with van der Waals surface area (Å²) >= 11 is 0. The molecule has 7 heteroatoms. The number of aromatic nitrogens is 1. The smallest absolute Gasteiger partial charge is 0.322 e. The Balaban J connectivity index is 2.26. The van der Waals surface area contributed by atoms with Crippen molar-refractivity contribution >= 4 is 11.6 Å². The topological polar surface area (TPSA) is 42.0 Å². The second kappa shape index (κ2) is 5.75. The third-order valence-electron chi connectivity index (χ3n) is 3.06. The summed E-state index contributed by atoms with van der Waals surface area (Å²) in [4.78, 5) is 15.5. The molecule has 0 aliphatic heterocycles. The summed E-state index contributed by atoms with van der Waals surface area (Å²) in [5.41, 5.74) is -0.181. The summed E-state index contributed by atoms with van der Waals surface area (Å²) < 4.78 is 50.6. The van der Waals surface area contributed by atoms with Gasteiger partial charge in [0.25, 0.3) is 5.91 Å². The highest BCUT2D eigenvalue weighted by atomic mass is 19.4. The van der Waals surface area contributed by atoms with Gasteiger partial charge in [-0.05, 0) is 49.7 Å². The first-order valence-electron chi connectivity index (χ1n) is 6.31. The lowest BCUT2D eigenvalue weighted by Gasteiger charge is -2.11. The third-order valence-corrected chi connectivity index (χ3v) is 3.06. The van der Waals surface area contributed by atoms with E-state index < -0.39 is 23.6 Å². The summed E-state index contributed by atoms with van der Waals surface area (Å²) in [5.74, 6) is -1.05. The Morgan fingerprint density at radius 1 is 1.14 bits per heavy atom. The van der Waals surface area contributed by atoms with Gasteiger partial charge in [0.05, 0.1) is 11.3 Å². The maximum Gasteiger partial charge on any atom is 0.433 e. The molecule has 0 aliphatic rings. The molecule has 0 radical (unpaired) electrons. The number of halogens is 4. The molecular weight excluding hydrogens is 300 g/mol. The number of pyridine rings is 1. The molecule has 0 bridgehead atoms. The molecule has 0 spiro atoms. The summed E-state index contributed by atoms with van der Waals surface area (Å²) in [6.45, 7) is 2.93. The Bertz CT molecular complexity index is 726. The summed E-state index contributed by atoms with van der Waals surface area (Å²) in [7, 11) is 0. The zero-order valence-electron chi connectivity index (χ0n) is 11.8. The van der Waals surface area contributed by atoms with Crippen LogP contribution in [0.25, 0.3) is 0 Å². The lowest BCUT2D eigenvalue weighted by Crippen LogP contribution is -2.17. The van der Waals surface area contributed by atoms with E-state index in [0.717, 1.165) is 12.1 Å². The molecule has 0 saturated heterocycles. The van der Waals surface area contributed by atoms with Crippen molar-refractivity contribution in [2.24, 2.45) is 0 Å². The Morgan fingerprint density at radius 2 is 1.82 bits per heavy atom. The maximum atomic E-state index is 13.0. The van der Waals surface area contributed by atoms with Crippen molar-refractivity contribution in [3.63, 3.8) is 0 Å². The van der Waals surface area contributed by atoms with Gasteiger partial charge in [0.15, 0.2) is 0 Å². The number of aryl methyl sites for hydroxylation is 2. The minimum atomic E-state index is -4.56. The number of anilines is 1. The van der Waals surface area contributed by atoms with Gasteiger partial charge in [-0.2, -0.15) is 13.2 Å². The molecule has 2 rings (SSSR count). The molecule has 3 nitrogen and oxygen atoms in total. The number of carbonyl (C=O) groups excluding carboxylic acids is 1. The predicted molar refractivity (Wildman–Crippen MR) is 73.1 cm³/mol. The fourth-order valence-electron chi connectivity index (χ4n) is 1.92. The van der Waals surface area contributed by atoms with Gasteiger partial charge in [-0.3, -0.25) is 4.79 Å². The molecule has 0 saturated carbocycles. The fourth-order valence-corrected chi connectivity index (χ4v) is 1.92. The SMILES string of the molecule is Cc1cc(F)ccc1NC(=O)c1ccc(C(F)(F)F)nc1C. The van der Waals surface area contributed by atoms with Crippen LogP contribution in [0, 0.1) is 19.7 Å². The van der Waals surface area contributed by atoms with Crippen LogP contribution in [0.4, 0.5) is 23.2 Å². The van der Waals surface area contributed by atoms with Crippen LogP contribution >= 0.6 is 0 Å². The van der Waals surface area contributed by atoms with E-state index in [1.54, 1.807) is 6.92 Å². The van der Waals surface area contributed by atoms with Gasteiger partial charge in [0.2, 0.25) is 0 Å². The van der Waals surface area contributed by atoms with Crippen molar-refractivity contribution in [2.45, 2.75) is 20.0 Å². The normalized spacial score (nSPS) is 11.4. The van der Waals surface area contributed by atoms with E-state index in [1.165, 1.54) is 25.1 Å². The van der Waals surface area contributed by atoms with Crippen molar-refractivity contribution in [3.8, 4) is 0 Å². The monoisotopic (exact) mass is 312 g/mol. The van der Waals surface area contributed by atoms with Crippen LogP contribution in [-0.2, 0) is 6.18 Å². The van der Waals surface area contributed by atoms with Crippen molar-refractivity contribution in [2.75, 3.05) is 5.32 Å². The first kappa shape index (κ1) is 15.9. The molecule has 0 unspecified atom stereocenters.